The highest BCUT2D eigenvalue weighted by Gasteiger charge is 2.21. The van der Waals surface area contributed by atoms with Crippen molar-refractivity contribution in [1.82, 2.24) is 4.98 Å². The third-order valence-electron chi connectivity index (χ3n) is 3.05. The van der Waals surface area contributed by atoms with E-state index >= 15 is 0 Å². The summed E-state index contributed by atoms with van der Waals surface area (Å²) in [6, 6.07) is 2.14. The molecule has 1 aromatic heterocycles. The molecule has 0 N–H and O–H groups in total. The molecule has 1 atom stereocenters. The predicted octanol–water partition coefficient (Wildman–Crippen LogP) is 3.76. The van der Waals surface area contributed by atoms with E-state index in [-0.39, 0.29) is 0 Å². The topological polar surface area (TPSA) is 16.1 Å². The lowest BCUT2D eigenvalue weighted by Gasteiger charge is -2.33. The van der Waals surface area contributed by atoms with Gasteiger partial charge in [-0.3, -0.25) is 0 Å². The Morgan fingerprint density at radius 2 is 2.38 bits per heavy atom. The maximum absolute atomic E-state index is 4.53. The minimum atomic E-state index is 0.763. The quantitative estimate of drug-likeness (QED) is 0.757. The molecule has 2 nitrogen and oxygen atoms in total. The van der Waals surface area contributed by atoms with Crippen molar-refractivity contribution in [1.29, 1.82) is 0 Å². The monoisotopic (exact) mass is 346 g/mol. The van der Waals surface area contributed by atoms with Gasteiger partial charge in [0.25, 0.3) is 0 Å². The van der Waals surface area contributed by atoms with Crippen molar-refractivity contribution in [3.63, 3.8) is 0 Å². The summed E-state index contributed by atoms with van der Waals surface area (Å²) in [5, 5.41) is 1.10. The average molecular weight is 348 g/mol. The Morgan fingerprint density at radius 1 is 1.56 bits per heavy atom. The molecule has 1 saturated heterocycles. The van der Waals surface area contributed by atoms with Gasteiger partial charge in [0, 0.05) is 29.1 Å². The molecule has 4 heteroatoms. The van der Waals surface area contributed by atoms with Crippen LogP contribution in [0.5, 0.6) is 0 Å². The van der Waals surface area contributed by atoms with Crippen LogP contribution in [-0.4, -0.2) is 23.4 Å². The zero-order valence-corrected chi connectivity index (χ0v) is 12.6. The number of rotatable bonds is 2. The molecule has 16 heavy (non-hydrogen) atoms. The van der Waals surface area contributed by atoms with Gasteiger partial charge in [-0.2, -0.15) is 0 Å². The Kier molecular flexibility index (Phi) is 4.25. The van der Waals surface area contributed by atoms with Crippen molar-refractivity contribution in [2.24, 2.45) is 5.92 Å². The molecule has 1 fully saturated rings. The summed E-state index contributed by atoms with van der Waals surface area (Å²) in [6.07, 6.45) is 4.49. The van der Waals surface area contributed by atoms with E-state index in [1.54, 1.807) is 0 Å². The van der Waals surface area contributed by atoms with Gasteiger partial charge in [0.2, 0.25) is 0 Å². The first-order valence-corrected chi connectivity index (χ1v) is 7.55. The first-order chi connectivity index (χ1) is 7.70. The summed E-state index contributed by atoms with van der Waals surface area (Å²) < 4.78 is 1.06. The van der Waals surface area contributed by atoms with Gasteiger partial charge in [-0.15, -0.1) is 0 Å². The van der Waals surface area contributed by atoms with Crippen LogP contribution in [-0.2, 0) is 0 Å². The molecule has 1 aromatic rings. The molecule has 2 rings (SSSR count). The van der Waals surface area contributed by atoms with Crippen LogP contribution < -0.4 is 4.90 Å². The Morgan fingerprint density at radius 3 is 3.06 bits per heavy atom. The average Bonchev–Trinajstić information content (AvgIpc) is 2.29. The summed E-state index contributed by atoms with van der Waals surface area (Å²) >= 11 is 7.04. The molecule has 1 aliphatic rings. The first kappa shape index (κ1) is 12.4. The minimum absolute atomic E-state index is 0.763. The van der Waals surface area contributed by atoms with Crippen molar-refractivity contribution in [2.75, 3.05) is 23.3 Å². The molecular weight excluding hydrogens is 332 g/mol. The fraction of sp³-hybridized carbons (Fsp3) is 0.583. The van der Waals surface area contributed by atoms with Crippen LogP contribution >= 0.6 is 31.9 Å². The van der Waals surface area contributed by atoms with Gasteiger partial charge < -0.3 is 4.90 Å². The highest BCUT2D eigenvalue weighted by Crippen LogP contribution is 2.26. The third-order valence-corrected chi connectivity index (χ3v) is 4.40. The summed E-state index contributed by atoms with van der Waals surface area (Å²) in [5.74, 6) is 1.91. The lowest BCUT2D eigenvalue weighted by Crippen LogP contribution is -2.36. The van der Waals surface area contributed by atoms with E-state index in [1.807, 2.05) is 6.20 Å². The molecule has 1 aliphatic heterocycles. The third kappa shape index (κ3) is 2.77. The van der Waals surface area contributed by atoms with Crippen LogP contribution in [0.25, 0.3) is 0 Å². The van der Waals surface area contributed by atoms with Gasteiger partial charge in [0.15, 0.2) is 0 Å². The number of hydrogen-bond donors (Lipinski definition) is 0. The summed E-state index contributed by atoms with van der Waals surface area (Å²) in [7, 11) is 0. The summed E-state index contributed by atoms with van der Waals surface area (Å²) in [5.41, 5.74) is 1.25. The number of aryl methyl sites for hydroxylation is 1. The number of hydrogen-bond acceptors (Lipinski definition) is 2. The molecule has 1 unspecified atom stereocenters. The normalized spacial score (nSPS) is 21.2. The van der Waals surface area contributed by atoms with Crippen molar-refractivity contribution >= 4 is 37.7 Å². The SMILES string of the molecule is Cc1cc(Br)cnc1N1CCCC(CBr)C1. The molecule has 0 amide bonds. The minimum Gasteiger partial charge on any atom is -0.356 e. The second kappa shape index (κ2) is 5.50. The van der Waals surface area contributed by atoms with Crippen LogP contribution in [0, 0.1) is 12.8 Å². The molecule has 0 aromatic carbocycles. The maximum Gasteiger partial charge on any atom is 0.131 e. The number of pyridine rings is 1. The number of alkyl halides is 1. The number of nitrogens with zero attached hydrogens (tertiary/aromatic N) is 2. The molecular formula is C12H16Br2N2. The highest BCUT2D eigenvalue weighted by molar-refractivity contribution is 9.10. The van der Waals surface area contributed by atoms with Gasteiger partial charge in [-0.1, -0.05) is 15.9 Å². The number of aromatic nitrogens is 1. The van der Waals surface area contributed by atoms with Gasteiger partial charge in [-0.05, 0) is 53.2 Å². The standard InChI is InChI=1S/C12H16Br2N2/c1-9-5-11(14)7-15-12(9)16-4-2-3-10(6-13)8-16/h5,7,10H,2-4,6,8H2,1H3. The predicted molar refractivity (Wildman–Crippen MR) is 75.4 cm³/mol. The molecule has 88 valence electrons. The molecule has 0 spiro atoms. The molecule has 0 aliphatic carbocycles. The highest BCUT2D eigenvalue weighted by atomic mass is 79.9. The maximum atomic E-state index is 4.53. The van der Waals surface area contributed by atoms with Crippen LogP contribution in [0.4, 0.5) is 5.82 Å². The zero-order valence-electron chi connectivity index (χ0n) is 9.42. The second-order valence-corrected chi connectivity index (χ2v) is 5.97. The van der Waals surface area contributed by atoms with Crippen LogP contribution in [0.15, 0.2) is 16.7 Å². The number of anilines is 1. The van der Waals surface area contributed by atoms with E-state index in [0.29, 0.717) is 0 Å². The second-order valence-electron chi connectivity index (χ2n) is 4.40. The molecule has 2 heterocycles. The van der Waals surface area contributed by atoms with E-state index in [0.717, 1.165) is 34.6 Å². The summed E-state index contributed by atoms with van der Waals surface area (Å²) in [6.45, 7) is 4.39. The van der Waals surface area contributed by atoms with Crippen LogP contribution in [0.1, 0.15) is 18.4 Å². The van der Waals surface area contributed by atoms with E-state index < -0.39 is 0 Å². The largest absolute Gasteiger partial charge is 0.356 e. The Bertz CT molecular complexity index is 368. The molecule has 0 saturated carbocycles. The Balaban J connectivity index is 2.16. The fourth-order valence-corrected chi connectivity index (χ4v) is 3.22. The van der Waals surface area contributed by atoms with Gasteiger partial charge in [0.1, 0.15) is 5.82 Å². The first-order valence-electron chi connectivity index (χ1n) is 5.63. The number of piperidine rings is 1. The Hall–Kier alpha value is -0.0900. The smallest absolute Gasteiger partial charge is 0.131 e. The van der Waals surface area contributed by atoms with Gasteiger partial charge >= 0.3 is 0 Å². The molecule has 0 bridgehead atoms. The Labute approximate surface area is 114 Å². The lowest BCUT2D eigenvalue weighted by atomic mass is 10.00. The van der Waals surface area contributed by atoms with E-state index in [4.69, 9.17) is 0 Å². The zero-order chi connectivity index (χ0) is 11.5. The van der Waals surface area contributed by atoms with Crippen molar-refractivity contribution in [3.8, 4) is 0 Å². The van der Waals surface area contributed by atoms with Crippen molar-refractivity contribution < 1.29 is 0 Å². The van der Waals surface area contributed by atoms with E-state index in [2.05, 4.69) is 54.7 Å². The van der Waals surface area contributed by atoms with Crippen LogP contribution in [0.3, 0.4) is 0 Å². The summed E-state index contributed by atoms with van der Waals surface area (Å²) in [4.78, 5) is 6.95. The fourth-order valence-electron chi connectivity index (χ4n) is 2.25. The van der Waals surface area contributed by atoms with Gasteiger partial charge in [-0.25, -0.2) is 4.98 Å². The van der Waals surface area contributed by atoms with Crippen molar-refractivity contribution in [3.05, 3.63) is 22.3 Å². The number of halogens is 2. The van der Waals surface area contributed by atoms with Crippen molar-refractivity contribution in [2.45, 2.75) is 19.8 Å². The van der Waals surface area contributed by atoms with E-state index in [9.17, 15) is 0 Å². The molecule has 0 radical (unpaired) electrons. The van der Waals surface area contributed by atoms with Gasteiger partial charge in [0.05, 0.1) is 0 Å². The van der Waals surface area contributed by atoms with Crippen LogP contribution in [0.2, 0.25) is 0 Å². The van der Waals surface area contributed by atoms with E-state index in [1.165, 1.54) is 18.4 Å². The lowest BCUT2D eigenvalue weighted by molar-refractivity contribution is 0.452.